The van der Waals surface area contributed by atoms with Gasteiger partial charge in [-0.15, -0.1) is 5.10 Å². The summed E-state index contributed by atoms with van der Waals surface area (Å²) in [5.74, 6) is -0.0501. The molecule has 0 aliphatic carbocycles. The van der Waals surface area contributed by atoms with Crippen LogP contribution in [0.15, 0.2) is 47.8 Å². The summed E-state index contributed by atoms with van der Waals surface area (Å²) in [6.45, 7) is 0.502. The maximum Gasteiger partial charge on any atom is 0.258 e. The molecule has 0 radical (unpaired) electrons. The fourth-order valence-electron chi connectivity index (χ4n) is 3.52. The van der Waals surface area contributed by atoms with Crippen molar-refractivity contribution >= 4 is 40.6 Å². The molecule has 1 aliphatic rings. The van der Waals surface area contributed by atoms with E-state index in [1.807, 2.05) is 29.6 Å². The minimum atomic E-state index is -0.552. The first-order valence-electron chi connectivity index (χ1n) is 9.39. The molecule has 1 aliphatic heterocycles. The Morgan fingerprint density at radius 2 is 2.03 bits per heavy atom. The minimum Gasteiger partial charge on any atom is -0.496 e. The average Bonchev–Trinajstić information content (AvgIpc) is 3.46. The third kappa shape index (κ3) is 4.15. The molecule has 7 nitrogen and oxygen atoms in total. The second kappa shape index (κ2) is 8.81. The van der Waals surface area contributed by atoms with Crippen LogP contribution in [-0.4, -0.2) is 46.0 Å². The number of aromatic nitrogens is 2. The van der Waals surface area contributed by atoms with Crippen LogP contribution < -0.4 is 10.1 Å². The van der Waals surface area contributed by atoms with Gasteiger partial charge in [0.1, 0.15) is 17.5 Å². The monoisotopic (exact) mass is 442 g/mol. The third-order valence-corrected chi connectivity index (χ3v) is 5.76. The van der Waals surface area contributed by atoms with Crippen molar-refractivity contribution in [2.75, 3.05) is 19.0 Å². The largest absolute Gasteiger partial charge is 0.496 e. The number of carbonyl (C=O) groups excluding carboxylic acids is 2. The van der Waals surface area contributed by atoms with E-state index in [0.717, 1.165) is 17.7 Å². The quantitative estimate of drug-likeness (QED) is 0.642. The first kappa shape index (κ1) is 20.3. The van der Waals surface area contributed by atoms with Gasteiger partial charge in [0, 0.05) is 28.2 Å². The second-order valence-corrected chi connectivity index (χ2v) is 7.90. The highest BCUT2D eigenvalue weighted by Gasteiger charge is 2.35. The van der Waals surface area contributed by atoms with Gasteiger partial charge in [0.25, 0.3) is 5.91 Å². The molecule has 1 saturated heterocycles. The van der Waals surface area contributed by atoms with Crippen LogP contribution in [0.1, 0.15) is 23.2 Å². The Hall–Kier alpha value is -2.97. The van der Waals surface area contributed by atoms with E-state index in [-0.39, 0.29) is 11.8 Å². The highest BCUT2D eigenvalue weighted by Crippen LogP contribution is 2.28. The number of amides is 2. The average molecular weight is 443 g/mol. The zero-order valence-corrected chi connectivity index (χ0v) is 17.7. The van der Waals surface area contributed by atoms with Gasteiger partial charge in [-0.3, -0.25) is 9.59 Å². The molecular weight excluding hydrogens is 424 g/mol. The molecule has 9 heteroatoms. The summed E-state index contributed by atoms with van der Waals surface area (Å²) >= 11 is 7.35. The zero-order valence-electron chi connectivity index (χ0n) is 16.2. The Morgan fingerprint density at radius 1 is 1.23 bits per heavy atom. The normalized spacial score (nSPS) is 15.8. The van der Waals surface area contributed by atoms with Crippen LogP contribution in [0.25, 0.3) is 11.3 Å². The maximum absolute atomic E-state index is 13.1. The number of anilines is 1. The Bertz CT molecular complexity index is 1060. The highest BCUT2D eigenvalue weighted by atomic mass is 35.5. The summed E-state index contributed by atoms with van der Waals surface area (Å²) in [4.78, 5) is 27.6. The Kier molecular flexibility index (Phi) is 5.96. The molecule has 2 aromatic carbocycles. The van der Waals surface area contributed by atoms with Gasteiger partial charge in [0.2, 0.25) is 5.91 Å². The van der Waals surface area contributed by atoms with Gasteiger partial charge in [0.15, 0.2) is 0 Å². The molecule has 0 spiro atoms. The van der Waals surface area contributed by atoms with Crippen LogP contribution in [0.3, 0.4) is 0 Å². The van der Waals surface area contributed by atoms with E-state index < -0.39 is 6.04 Å². The van der Waals surface area contributed by atoms with E-state index >= 15 is 0 Å². The lowest BCUT2D eigenvalue weighted by atomic mass is 10.1. The number of carbonyl (C=O) groups is 2. The number of rotatable bonds is 5. The van der Waals surface area contributed by atoms with Gasteiger partial charge in [-0.1, -0.05) is 28.2 Å². The molecule has 2 amide bonds. The van der Waals surface area contributed by atoms with Gasteiger partial charge in [-0.25, -0.2) is 0 Å². The maximum atomic E-state index is 13.1. The first-order valence-corrected chi connectivity index (χ1v) is 10.6. The summed E-state index contributed by atoms with van der Waals surface area (Å²) in [5.41, 5.74) is 2.73. The highest BCUT2D eigenvalue weighted by molar-refractivity contribution is 7.03. The lowest BCUT2D eigenvalue weighted by Gasteiger charge is -2.25. The van der Waals surface area contributed by atoms with Crippen molar-refractivity contribution in [2.45, 2.75) is 18.9 Å². The molecule has 1 N–H and O–H groups in total. The molecule has 3 aromatic rings. The van der Waals surface area contributed by atoms with Crippen LogP contribution in [0.5, 0.6) is 5.75 Å². The predicted molar refractivity (Wildman–Crippen MR) is 116 cm³/mol. The van der Waals surface area contributed by atoms with Crippen LogP contribution in [-0.2, 0) is 4.79 Å². The smallest absolute Gasteiger partial charge is 0.258 e. The fourth-order valence-corrected chi connectivity index (χ4v) is 4.16. The number of ether oxygens (including phenoxy) is 1. The molecule has 1 unspecified atom stereocenters. The molecule has 0 bridgehead atoms. The number of hydrogen-bond acceptors (Lipinski definition) is 6. The molecule has 1 atom stereocenters. The fraction of sp³-hybridized carbons (Fsp3) is 0.238. The number of hydrogen-bond donors (Lipinski definition) is 1. The molecule has 0 saturated carbocycles. The van der Waals surface area contributed by atoms with Crippen LogP contribution in [0.4, 0.5) is 5.69 Å². The van der Waals surface area contributed by atoms with Crippen molar-refractivity contribution in [3.63, 3.8) is 0 Å². The predicted octanol–water partition coefficient (Wildman–Crippen LogP) is 4.11. The summed E-state index contributed by atoms with van der Waals surface area (Å²) in [5, 5.41) is 9.25. The van der Waals surface area contributed by atoms with Crippen LogP contribution >= 0.6 is 23.1 Å². The topological polar surface area (TPSA) is 84.4 Å². The summed E-state index contributed by atoms with van der Waals surface area (Å²) in [7, 11) is 1.50. The van der Waals surface area contributed by atoms with Crippen molar-refractivity contribution in [3.8, 4) is 17.0 Å². The van der Waals surface area contributed by atoms with Gasteiger partial charge < -0.3 is 15.0 Å². The van der Waals surface area contributed by atoms with Crippen molar-refractivity contribution < 1.29 is 14.3 Å². The molecule has 154 valence electrons. The molecule has 1 fully saturated rings. The Labute approximate surface area is 182 Å². The lowest BCUT2D eigenvalue weighted by molar-refractivity contribution is -0.119. The van der Waals surface area contributed by atoms with Gasteiger partial charge in [-0.05, 0) is 54.7 Å². The number of likely N-dealkylation sites (tertiary alicyclic amines) is 1. The number of nitrogens with one attached hydrogen (secondary N) is 1. The Balaban J connectivity index is 1.48. The third-order valence-electron chi connectivity index (χ3n) is 5.02. The number of benzene rings is 2. The van der Waals surface area contributed by atoms with Gasteiger partial charge in [0.05, 0.1) is 12.7 Å². The minimum absolute atomic E-state index is 0.218. The molecule has 2 heterocycles. The Morgan fingerprint density at radius 3 is 2.73 bits per heavy atom. The van der Waals surface area contributed by atoms with E-state index in [0.29, 0.717) is 35.0 Å². The van der Waals surface area contributed by atoms with Crippen molar-refractivity contribution in [3.05, 3.63) is 58.4 Å². The van der Waals surface area contributed by atoms with Crippen molar-refractivity contribution in [2.24, 2.45) is 0 Å². The van der Waals surface area contributed by atoms with Crippen molar-refractivity contribution in [1.29, 1.82) is 0 Å². The van der Waals surface area contributed by atoms with E-state index in [1.165, 1.54) is 18.6 Å². The SMILES string of the molecule is COc1ccc(Cl)cc1C(=O)N1CCCC1C(=O)Nc1ccc(-c2csnn2)cc1. The second-order valence-electron chi connectivity index (χ2n) is 6.86. The van der Waals surface area contributed by atoms with E-state index in [1.54, 1.807) is 23.1 Å². The first-order chi connectivity index (χ1) is 14.6. The number of halogens is 1. The summed E-state index contributed by atoms with van der Waals surface area (Å²) in [6.07, 6.45) is 1.35. The van der Waals surface area contributed by atoms with E-state index in [9.17, 15) is 9.59 Å². The van der Waals surface area contributed by atoms with Crippen LogP contribution in [0.2, 0.25) is 5.02 Å². The van der Waals surface area contributed by atoms with Crippen molar-refractivity contribution in [1.82, 2.24) is 14.5 Å². The van der Waals surface area contributed by atoms with Crippen LogP contribution in [0, 0.1) is 0 Å². The standard InChI is InChI=1S/C21H19ClN4O3S/c1-29-19-9-6-14(22)11-16(19)21(28)26-10-2-3-18(26)20(27)23-15-7-4-13(5-8-15)17-12-30-25-24-17/h4-9,11-12,18H,2-3,10H2,1H3,(H,23,27). The molecular formula is C21H19ClN4O3S. The van der Waals surface area contributed by atoms with E-state index in [2.05, 4.69) is 14.9 Å². The number of nitrogens with zero attached hydrogens (tertiary/aromatic N) is 3. The van der Waals surface area contributed by atoms with Gasteiger partial charge >= 0.3 is 0 Å². The summed E-state index contributed by atoms with van der Waals surface area (Å²) < 4.78 is 9.16. The zero-order chi connectivity index (χ0) is 21.1. The van der Waals surface area contributed by atoms with Gasteiger partial charge in [-0.2, -0.15) is 0 Å². The van der Waals surface area contributed by atoms with E-state index in [4.69, 9.17) is 16.3 Å². The molecule has 4 rings (SSSR count). The summed E-state index contributed by atoms with van der Waals surface area (Å²) in [6, 6.07) is 11.7. The number of methoxy groups -OCH3 is 1. The molecule has 1 aromatic heterocycles. The lowest BCUT2D eigenvalue weighted by Crippen LogP contribution is -2.43. The molecule has 30 heavy (non-hydrogen) atoms.